The first kappa shape index (κ1) is 14.6. The number of aromatic nitrogens is 2. The second-order valence-electron chi connectivity index (χ2n) is 5.56. The first-order valence-electron chi connectivity index (χ1n) is 6.95. The van der Waals surface area contributed by atoms with E-state index in [9.17, 15) is 0 Å². The Labute approximate surface area is 120 Å². The summed E-state index contributed by atoms with van der Waals surface area (Å²) < 4.78 is 7.10. The van der Waals surface area contributed by atoms with Crippen molar-refractivity contribution in [2.45, 2.75) is 38.8 Å². The number of nitrogens with two attached hydrogens (primary N) is 1. The Kier molecular flexibility index (Phi) is 4.45. The van der Waals surface area contributed by atoms with Crippen molar-refractivity contribution in [3.8, 4) is 5.75 Å². The Bertz CT molecular complexity index is 543. The summed E-state index contributed by atoms with van der Waals surface area (Å²) in [6.45, 7) is 5.05. The van der Waals surface area contributed by atoms with Crippen molar-refractivity contribution in [2.24, 2.45) is 5.73 Å². The average molecular weight is 273 g/mol. The maximum atomic E-state index is 6.43. The number of hydrogen-bond donors (Lipinski definition) is 1. The third kappa shape index (κ3) is 3.84. The molecule has 0 spiro atoms. The van der Waals surface area contributed by atoms with Gasteiger partial charge in [-0.3, -0.25) is 4.68 Å². The third-order valence-corrected chi connectivity index (χ3v) is 3.39. The van der Waals surface area contributed by atoms with E-state index in [1.807, 2.05) is 23.0 Å². The first-order valence-corrected chi connectivity index (χ1v) is 6.95. The molecule has 4 heteroatoms. The van der Waals surface area contributed by atoms with Gasteiger partial charge in [0, 0.05) is 18.3 Å². The highest BCUT2D eigenvalue weighted by Crippen LogP contribution is 2.18. The first-order chi connectivity index (χ1) is 9.52. The number of nitrogens with zero attached hydrogens (tertiary/aromatic N) is 2. The van der Waals surface area contributed by atoms with Crippen LogP contribution in [-0.2, 0) is 19.4 Å². The Morgan fingerprint density at radius 1 is 1.20 bits per heavy atom. The molecule has 1 atom stereocenters. The Hall–Kier alpha value is -1.81. The molecule has 4 nitrogen and oxygen atoms in total. The van der Waals surface area contributed by atoms with Gasteiger partial charge in [0.2, 0.25) is 0 Å². The van der Waals surface area contributed by atoms with Crippen molar-refractivity contribution in [2.75, 3.05) is 7.11 Å². The predicted octanol–water partition coefficient (Wildman–Crippen LogP) is 2.41. The number of ether oxygens (including phenoxy) is 1. The number of hydrogen-bond acceptors (Lipinski definition) is 3. The maximum absolute atomic E-state index is 6.43. The van der Waals surface area contributed by atoms with E-state index in [1.165, 1.54) is 11.1 Å². The van der Waals surface area contributed by atoms with Crippen LogP contribution in [0.25, 0.3) is 0 Å². The molecule has 0 aliphatic carbocycles. The lowest BCUT2D eigenvalue weighted by molar-refractivity contribution is 0.414. The zero-order valence-corrected chi connectivity index (χ0v) is 12.5. The fourth-order valence-electron chi connectivity index (χ4n) is 2.41. The molecule has 0 saturated heterocycles. The van der Waals surface area contributed by atoms with Crippen LogP contribution >= 0.6 is 0 Å². The highest BCUT2D eigenvalue weighted by Gasteiger charge is 2.20. The highest BCUT2D eigenvalue weighted by molar-refractivity contribution is 5.28. The normalized spacial score (nSPS) is 14.0. The van der Waals surface area contributed by atoms with Gasteiger partial charge in [-0.15, -0.1) is 0 Å². The topological polar surface area (TPSA) is 53.1 Å². The van der Waals surface area contributed by atoms with Crippen molar-refractivity contribution in [1.29, 1.82) is 0 Å². The van der Waals surface area contributed by atoms with Crippen LogP contribution in [0.5, 0.6) is 5.75 Å². The molecule has 0 bridgehead atoms. The molecule has 1 heterocycles. The fraction of sp³-hybridized carbons (Fsp3) is 0.438. The van der Waals surface area contributed by atoms with Gasteiger partial charge in [0.1, 0.15) is 5.75 Å². The van der Waals surface area contributed by atoms with E-state index < -0.39 is 0 Å². The summed E-state index contributed by atoms with van der Waals surface area (Å²) in [4.78, 5) is 0. The van der Waals surface area contributed by atoms with E-state index in [1.54, 1.807) is 7.11 Å². The molecule has 0 aliphatic rings. The molecular formula is C16H23N3O. The second-order valence-corrected chi connectivity index (χ2v) is 5.56. The number of benzene rings is 1. The molecule has 0 radical (unpaired) electrons. The van der Waals surface area contributed by atoms with Crippen LogP contribution < -0.4 is 10.5 Å². The van der Waals surface area contributed by atoms with Crippen molar-refractivity contribution in [3.05, 3.63) is 47.8 Å². The molecule has 2 rings (SSSR count). The quantitative estimate of drug-likeness (QED) is 0.879. The number of rotatable bonds is 6. The molecule has 0 amide bonds. The zero-order valence-electron chi connectivity index (χ0n) is 12.5. The van der Waals surface area contributed by atoms with Crippen LogP contribution in [-0.4, -0.2) is 22.4 Å². The van der Waals surface area contributed by atoms with E-state index in [0.29, 0.717) is 0 Å². The number of methoxy groups -OCH3 is 1. The third-order valence-electron chi connectivity index (χ3n) is 3.39. The van der Waals surface area contributed by atoms with Gasteiger partial charge in [-0.1, -0.05) is 12.1 Å². The monoisotopic (exact) mass is 273 g/mol. The standard InChI is InChI=1S/C16H23N3O/c1-4-19-12-14(11-18-19)10-16(2,17)9-13-5-7-15(20-3)8-6-13/h5-8,11-12H,4,9-10,17H2,1-3H3. The van der Waals surface area contributed by atoms with Crippen LogP contribution in [0.1, 0.15) is 25.0 Å². The summed E-state index contributed by atoms with van der Waals surface area (Å²) in [5.74, 6) is 0.872. The average Bonchev–Trinajstić information content (AvgIpc) is 2.86. The van der Waals surface area contributed by atoms with Gasteiger partial charge in [-0.25, -0.2) is 0 Å². The van der Waals surface area contributed by atoms with Crippen molar-refractivity contribution >= 4 is 0 Å². The van der Waals surface area contributed by atoms with Gasteiger partial charge >= 0.3 is 0 Å². The van der Waals surface area contributed by atoms with Gasteiger partial charge in [0.25, 0.3) is 0 Å². The lowest BCUT2D eigenvalue weighted by Gasteiger charge is -2.24. The molecule has 108 valence electrons. The van der Waals surface area contributed by atoms with Gasteiger partial charge in [0.15, 0.2) is 0 Å². The minimum Gasteiger partial charge on any atom is -0.497 e. The zero-order chi connectivity index (χ0) is 14.6. The molecule has 0 fully saturated rings. The largest absolute Gasteiger partial charge is 0.497 e. The summed E-state index contributed by atoms with van der Waals surface area (Å²) in [7, 11) is 1.67. The minimum atomic E-state index is -0.282. The summed E-state index contributed by atoms with van der Waals surface area (Å²) in [6, 6.07) is 8.08. The van der Waals surface area contributed by atoms with Crippen LogP contribution in [0.15, 0.2) is 36.7 Å². The lowest BCUT2D eigenvalue weighted by atomic mass is 9.88. The minimum absolute atomic E-state index is 0.282. The van der Waals surface area contributed by atoms with E-state index in [4.69, 9.17) is 10.5 Å². The van der Waals surface area contributed by atoms with Crippen LogP contribution in [0.2, 0.25) is 0 Å². The summed E-state index contributed by atoms with van der Waals surface area (Å²) in [5, 5.41) is 4.29. The van der Waals surface area contributed by atoms with Gasteiger partial charge < -0.3 is 10.5 Å². The highest BCUT2D eigenvalue weighted by atomic mass is 16.5. The van der Waals surface area contributed by atoms with Gasteiger partial charge in [-0.05, 0) is 49.9 Å². The molecule has 20 heavy (non-hydrogen) atoms. The Morgan fingerprint density at radius 3 is 2.40 bits per heavy atom. The molecule has 2 aromatic rings. The van der Waals surface area contributed by atoms with Crippen LogP contribution in [0.3, 0.4) is 0 Å². The molecule has 1 unspecified atom stereocenters. The fourth-order valence-corrected chi connectivity index (χ4v) is 2.41. The van der Waals surface area contributed by atoms with E-state index in [-0.39, 0.29) is 5.54 Å². The van der Waals surface area contributed by atoms with Crippen LogP contribution in [0, 0.1) is 0 Å². The Balaban J connectivity index is 2.01. The molecular weight excluding hydrogens is 250 g/mol. The van der Waals surface area contributed by atoms with Crippen molar-refractivity contribution in [1.82, 2.24) is 9.78 Å². The SMILES string of the molecule is CCn1cc(CC(C)(N)Cc2ccc(OC)cc2)cn1. The van der Waals surface area contributed by atoms with E-state index in [2.05, 4.69) is 37.3 Å². The van der Waals surface area contributed by atoms with E-state index in [0.717, 1.165) is 25.1 Å². The summed E-state index contributed by atoms with van der Waals surface area (Å²) in [5.41, 5.74) is 8.56. The second kappa shape index (κ2) is 6.09. The summed E-state index contributed by atoms with van der Waals surface area (Å²) >= 11 is 0. The summed E-state index contributed by atoms with van der Waals surface area (Å²) in [6.07, 6.45) is 5.62. The number of aryl methyl sites for hydroxylation is 1. The molecule has 1 aromatic heterocycles. The van der Waals surface area contributed by atoms with Gasteiger partial charge in [-0.2, -0.15) is 5.10 Å². The molecule has 0 aliphatic heterocycles. The molecule has 0 saturated carbocycles. The van der Waals surface area contributed by atoms with Crippen LogP contribution in [0.4, 0.5) is 0 Å². The van der Waals surface area contributed by atoms with Gasteiger partial charge in [0.05, 0.1) is 13.3 Å². The van der Waals surface area contributed by atoms with Crippen molar-refractivity contribution < 1.29 is 4.74 Å². The van der Waals surface area contributed by atoms with E-state index >= 15 is 0 Å². The molecule has 1 aromatic carbocycles. The Morgan fingerprint density at radius 2 is 1.85 bits per heavy atom. The molecule has 2 N–H and O–H groups in total. The lowest BCUT2D eigenvalue weighted by Crippen LogP contribution is -2.40. The van der Waals surface area contributed by atoms with Crippen molar-refractivity contribution in [3.63, 3.8) is 0 Å². The predicted molar refractivity (Wildman–Crippen MR) is 80.9 cm³/mol. The maximum Gasteiger partial charge on any atom is 0.118 e. The smallest absolute Gasteiger partial charge is 0.118 e.